The van der Waals surface area contributed by atoms with Gasteiger partial charge in [0.15, 0.2) is 11.6 Å². The van der Waals surface area contributed by atoms with Crippen molar-refractivity contribution >= 4 is 43.4 Å². The van der Waals surface area contributed by atoms with Gasteiger partial charge in [0.05, 0.1) is 4.47 Å². The van der Waals surface area contributed by atoms with Gasteiger partial charge < -0.3 is 14.4 Å². The molecule has 41 heavy (non-hydrogen) atoms. The molecule has 0 fully saturated rings. The van der Waals surface area contributed by atoms with Crippen LogP contribution < -0.4 is 4.74 Å². The molecule has 0 unspecified atom stereocenters. The third kappa shape index (κ3) is 6.28. The predicted molar refractivity (Wildman–Crippen MR) is 169 cm³/mol. The summed E-state index contributed by atoms with van der Waals surface area (Å²) in [5.74, 6) is 0.425. The highest BCUT2D eigenvalue weighted by Gasteiger charge is 2.49. The van der Waals surface area contributed by atoms with Crippen molar-refractivity contribution in [3.63, 3.8) is 0 Å². The van der Waals surface area contributed by atoms with Gasteiger partial charge in [-0.2, -0.15) is 0 Å². The Kier molecular flexibility index (Phi) is 8.71. The van der Waals surface area contributed by atoms with E-state index in [4.69, 9.17) is 9.47 Å². The van der Waals surface area contributed by atoms with Gasteiger partial charge in [0.1, 0.15) is 12.4 Å². The molecule has 0 spiro atoms. The maximum Gasteiger partial charge on any atom is 0.162 e. The minimum atomic E-state index is -0.481. The van der Waals surface area contributed by atoms with Crippen LogP contribution in [0.2, 0.25) is 0 Å². The molecule has 0 aromatic heterocycles. The van der Waals surface area contributed by atoms with E-state index in [2.05, 4.69) is 64.5 Å². The molecule has 3 aliphatic rings. The van der Waals surface area contributed by atoms with Crippen LogP contribution in [-0.2, 0) is 20.9 Å². The maximum absolute atomic E-state index is 14.2. The molecule has 5 nitrogen and oxygen atoms in total. The van der Waals surface area contributed by atoms with Crippen molar-refractivity contribution in [1.82, 2.24) is 4.90 Å². The molecule has 2 aromatic rings. The van der Waals surface area contributed by atoms with Gasteiger partial charge in [-0.25, -0.2) is 0 Å². The smallest absolute Gasteiger partial charge is 0.162 e. The first-order valence-corrected chi connectivity index (χ1v) is 15.9. The van der Waals surface area contributed by atoms with Crippen LogP contribution >= 0.6 is 31.9 Å². The number of methoxy groups -OCH3 is 1. The van der Waals surface area contributed by atoms with Crippen LogP contribution in [0.5, 0.6) is 5.75 Å². The second kappa shape index (κ2) is 11.8. The molecular formula is C34H39Br2NO4. The minimum Gasteiger partial charge on any atom is -0.487 e. The monoisotopic (exact) mass is 683 g/mol. The van der Waals surface area contributed by atoms with E-state index in [9.17, 15) is 9.59 Å². The Balaban J connectivity index is 1.73. The zero-order chi connectivity index (χ0) is 29.5. The number of rotatable bonds is 8. The van der Waals surface area contributed by atoms with E-state index in [1.54, 1.807) is 7.11 Å². The zero-order valence-electron chi connectivity index (χ0n) is 24.6. The standard InChI is InChI=1S/C34H39Br2NO4/c1-33(2)16-25-30(27(38)18-33)29(31-26(37(25)12-9-13-40-5)17-34(3,4)19-28(31)39)23-14-22(35)15-24(36)32(23)41-20-21-10-7-6-8-11-21/h6-8,10-11,14-15,29H,9,12-13,16-20H2,1-5H3. The Hall–Kier alpha value is -2.22. The van der Waals surface area contributed by atoms with Crippen LogP contribution in [0.25, 0.3) is 0 Å². The van der Waals surface area contributed by atoms with Crippen LogP contribution in [-0.4, -0.2) is 36.7 Å². The van der Waals surface area contributed by atoms with Crippen molar-refractivity contribution in [3.05, 3.63) is 85.1 Å². The van der Waals surface area contributed by atoms with Gasteiger partial charge in [-0.05, 0) is 63.7 Å². The number of hydrogen-bond donors (Lipinski definition) is 0. The van der Waals surface area contributed by atoms with Crippen LogP contribution in [0.15, 0.2) is 74.0 Å². The van der Waals surface area contributed by atoms with Crippen LogP contribution in [0, 0.1) is 10.8 Å². The molecule has 1 aliphatic heterocycles. The number of halogens is 2. The van der Waals surface area contributed by atoms with Gasteiger partial charge in [0.25, 0.3) is 0 Å². The fourth-order valence-corrected chi connectivity index (χ4v) is 8.05. The highest BCUT2D eigenvalue weighted by Crippen LogP contribution is 2.56. The van der Waals surface area contributed by atoms with Gasteiger partial charge in [0.2, 0.25) is 0 Å². The van der Waals surface area contributed by atoms with Gasteiger partial charge in [-0.3, -0.25) is 9.59 Å². The largest absolute Gasteiger partial charge is 0.487 e. The predicted octanol–water partition coefficient (Wildman–Crippen LogP) is 8.51. The van der Waals surface area contributed by atoms with Crippen molar-refractivity contribution in [2.75, 3.05) is 20.3 Å². The number of hydrogen-bond acceptors (Lipinski definition) is 5. The Bertz CT molecular complexity index is 1370. The molecule has 2 aromatic carbocycles. The molecule has 2 aliphatic carbocycles. The molecule has 0 atom stereocenters. The molecule has 0 radical (unpaired) electrons. The quantitative estimate of drug-likeness (QED) is 0.261. The third-order valence-electron chi connectivity index (χ3n) is 8.33. The molecular weight excluding hydrogens is 646 g/mol. The van der Waals surface area contributed by atoms with Crippen LogP contribution in [0.3, 0.4) is 0 Å². The Morgan fingerprint density at radius 1 is 0.878 bits per heavy atom. The number of Topliss-reactive ketones (excluding diaryl/α,β-unsaturated/α-hetero) is 2. The average Bonchev–Trinajstić information content (AvgIpc) is 2.87. The summed E-state index contributed by atoms with van der Waals surface area (Å²) in [4.78, 5) is 30.6. The summed E-state index contributed by atoms with van der Waals surface area (Å²) in [5, 5.41) is 0. The maximum atomic E-state index is 14.2. The average molecular weight is 685 g/mol. The number of benzene rings is 2. The summed E-state index contributed by atoms with van der Waals surface area (Å²) in [6.07, 6.45) is 3.26. The lowest BCUT2D eigenvalue weighted by Gasteiger charge is -2.49. The molecule has 7 heteroatoms. The highest BCUT2D eigenvalue weighted by atomic mass is 79.9. The lowest BCUT2D eigenvalue weighted by atomic mass is 9.63. The topological polar surface area (TPSA) is 55.8 Å². The van der Waals surface area contributed by atoms with Gasteiger partial charge >= 0.3 is 0 Å². The van der Waals surface area contributed by atoms with Gasteiger partial charge in [-0.1, -0.05) is 74.0 Å². The summed E-state index contributed by atoms with van der Waals surface area (Å²) >= 11 is 7.45. The van der Waals surface area contributed by atoms with Crippen LogP contribution in [0.1, 0.15) is 76.8 Å². The number of nitrogens with zero attached hydrogens (tertiary/aromatic N) is 1. The first-order valence-electron chi connectivity index (χ1n) is 14.4. The normalized spacial score (nSPS) is 20.3. The van der Waals surface area contributed by atoms with E-state index < -0.39 is 5.92 Å². The molecule has 218 valence electrons. The number of allylic oxidation sites excluding steroid dienone is 4. The van der Waals surface area contributed by atoms with Crippen LogP contribution in [0.4, 0.5) is 0 Å². The summed E-state index contributed by atoms with van der Waals surface area (Å²) < 4.78 is 13.6. The second-order valence-corrected chi connectivity index (χ2v) is 14.9. The number of carbonyl (C=O) groups is 2. The summed E-state index contributed by atoms with van der Waals surface area (Å²) in [6.45, 7) is 10.4. The second-order valence-electron chi connectivity index (χ2n) is 13.1. The zero-order valence-corrected chi connectivity index (χ0v) is 27.8. The SMILES string of the molecule is COCCCN1C2=C(C(=O)CC(C)(C)C2)C(c2cc(Br)cc(Br)c2OCc2ccccc2)C2=C1CC(C)(C)CC2=O. The number of ketones is 2. The molecule has 0 saturated heterocycles. The molecule has 0 amide bonds. The van der Waals surface area contributed by atoms with E-state index in [0.717, 1.165) is 61.9 Å². The Morgan fingerprint density at radius 3 is 2.02 bits per heavy atom. The lowest BCUT2D eigenvalue weighted by Crippen LogP contribution is -2.45. The van der Waals surface area contributed by atoms with E-state index in [1.807, 2.05) is 42.5 Å². The molecule has 0 bridgehead atoms. The van der Waals surface area contributed by atoms with Crippen molar-refractivity contribution in [2.24, 2.45) is 10.8 Å². The van der Waals surface area contributed by atoms with Gasteiger partial charge in [-0.15, -0.1) is 0 Å². The first-order chi connectivity index (χ1) is 19.4. The summed E-state index contributed by atoms with van der Waals surface area (Å²) in [7, 11) is 1.71. The lowest BCUT2D eigenvalue weighted by molar-refractivity contribution is -0.119. The van der Waals surface area contributed by atoms with Gasteiger partial charge in [0, 0.05) is 71.6 Å². The summed E-state index contributed by atoms with van der Waals surface area (Å²) in [6, 6.07) is 14.0. The first kappa shape index (κ1) is 30.2. The number of carbonyl (C=O) groups excluding carboxylic acids is 2. The van der Waals surface area contributed by atoms with E-state index in [0.29, 0.717) is 38.3 Å². The summed E-state index contributed by atoms with van der Waals surface area (Å²) in [5.41, 5.74) is 5.18. The fraction of sp³-hybridized carbons (Fsp3) is 0.471. The van der Waals surface area contributed by atoms with Crippen molar-refractivity contribution in [1.29, 1.82) is 0 Å². The van der Waals surface area contributed by atoms with E-state index in [1.165, 1.54) is 0 Å². The highest BCUT2D eigenvalue weighted by molar-refractivity contribution is 9.11. The third-order valence-corrected chi connectivity index (χ3v) is 9.37. The Morgan fingerprint density at radius 2 is 1.46 bits per heavy atom. The molecule has 5 rings (SSSR count). The van der Waals surface area contributed by atoms with E-state index in [-0.39, 0.29) is 22.4 Å². The molecule has 0 N–H and O–H groups in total. The minimum absolute atomic E-state index is 0.118. The van der Waals surface area contributed by atoms with Crippen molar-refractivity contribution < 1.29 is 19.1 Å². The van der Waals surface area contributed by atoms with Crippen molar-refractivity contribution in [2.45, 2.75) is 72.3 Å². The molecule has 1 heterocycles. The van der Waals surface area contributed by atoms with Crippen molar-refractivity contribution in [3.8, 4) is 5.75 Å². The van der Waals surface area contributed by atoms with E-state index >= 15 is 0 Å². The Labute approximate surface area is 260 Å². The molecule has 0 saturated carbocycles. The fourth-order valence-electron chi connectivity index (χ4n) is 6.67. The number of ether oxygens (including phenoxy) is 2.